The SMILES string of the molecule is O=[S+]c1n[c]cs1. The molecule has 0 N–H and O–H groups in total. The molecule has 1 aromatic rings. The summed E-state index contributed by atoms with van der Waals surface area (Å²) in [5, 5.41) is 1.65. The van der Waals surface area contributed by atoms with E-state index >= 15 is 0 Å². The van der Waals surface area contributed by atoms with Gasteiger partial charge in [-0.2, -0.15) is 4.98 Å². The molecule has 1 rings (SSSR count). The van der Waals surface area contributed by atoms with Crippen LogP contribution in [-0.4, -0.2) is 4.98 Å². The molecule has 1 aromatic heterocycles. The van der Waals surface area contributed by atoms with E-state index in [1.807, 2.05) is 0 Å². The van der Waals surface area contributed by atoms with E-state index in [9.17, 15) is 4.21 Å². The van der Waals surface area contributed by atoms with Gasteiger partial charge in [0.15, 0.2) is 0 Å². The molecule has 0 aliphatic carbocycles. The van der Waals surface area contributed by atoms with E-state index in [2.05, 4.69) is 11.2 Å². The average molecular weight is 131 g/mol. The van der Waals surface area contributed by atoms with Crippen LogP contribution in [0.4, 0.5) is 0 Å². The van der Waals surface area contributed by atoms with Gasteiger partial charge in [-0.15, -0.1) is 0 Å². The van der Waals surface area contributed by atoms with Gasteiger partial charge in [-0.05, 0) is 0 Å². The van der Waals surface area contributed by atoms with Crippen LogP contribution in [0.25, 0.3) is 0 Å². The van der Waals surface area contributed by atoms with Gasteiger partial charge in [0, 0.05) is 9.59 Å². The minimum atomic E-state index is 0.402. The van der Waals surface area contributed by atoms with Crippen LogP contribution >= 0.6 is 11.3 Å². The predicted octanol–water partition coefficient (Wildman–Crippen LogP) is 0.730. The number of thiazole rings is 1. The molecule has 0 atom stereocenters. The van der Waals surface area contributed by atoms with Gasteiger partial charge in [0.2, 0.25) is 0 Å². The van der Waals surface area contributed by atoms with Crippen LogP contribution in [0, 0.1) is 6.20 Å². The lowest BCUT2D eigenvalue weighted by Gasteiger charge is -1.45. The fourth-order valence-corrected chi connectivity index (χ4v) is 0.924. The summed E-state index contributed by atoms with van der Waals surface area (Å²) in [4.78, 5) is 3.58. The molecule has 0 aromatic carbocycles. The van der Waals surface area contributed by atoms with E-state index in [0.717, 1.165) is 0 Å². The molecule has 35 valence electrons. The second kappa shape index (κ2) is 2.09. The van der Waals surface area contributed by atoms with Crippen molar-refractivity contribution in [2.24, 2.45) is 0 Å². The van der Waals surface area contributed by atoms with Crippen LogP contribution in [0.2, 0.25) is 0 Å². The van der Waals surface area contributed by atoms with Crippen LogP contribution in [0.3, 0.4) is 0 Å². The Bertz CT molecular complexity index is 148. The molecular formula is C3HNOS2+. The fourth-order valence-electron chi connectivity index (χ4n) is 0.220. The van der Waals surface area contributed by atoms with Gasteiger partial charge in [-0.3, -0.25) is 0 Å². The molecule has 0 unspecified atom stereocenters. The van der Waals surface area contributed by atoms with E-state index < -0.39 is 0 Å². The number of nitrogens with zero attached hydrogens (tertiary/aromatic N) is 1. The van der Waals surface area contributed by atoms with Crippen LogP contribution < -0.4 is 0 Å². The Kier molecular flexibility index (Phi) is 1.43. The number of hydrogen-bond acceptors (Lipinski definition) is 3. The van der Waals surface area contributed by atoms with Gasteiger partial charge in [-0.25, -0.2) is 0 Å². The van der Waals surface area contributed by atoms with Crippen LogP contribution in [0.15, 0.2) is 9.72 Å². The van der Waals surface area contributed by atoms with Crippen molar-refractivity contribution in [2.75, 3.05) is 0 Å². The molecule has 0 saturated heterocycles. The zero-order chi connectivity index (χ0) is 5.11. The first kappa shape index (κ1) is 4.80. The predicted molar refractivity (Wildman–Crippen MR) is 27.3 cm³/mol. The highest BCUT2D eigenvalue weighted by Crippen LogP contribution is 2.00. The maximum Gasteiger partial charge on any atom is 0.539 e. The quantitative estimate of drug-likeness (QED) is 0.526. The standard InChI is InChI=1S/C3HNOS2/c5-7-3-4-1-2-6-3/h2H/q+1. The number of aromatic nitrogens is 1. The smallest absolute Gasteiger partial charge is 0.177 e. The third-order valence-corrected chi connectivity index (χ3v) is 1.68. The highest BCUT2D eigenvalue weighted by atomic mass is 32.2. The molecule has 0 aliphatic heterocycles. The number of rotatable bonds is 1. The van der Waals surface area contributed by atoms with Crippen molar-refractivity contribution in [1.82, 2.24) is 4.98 Å². The normalized spacial score (nSPS) is 8.57. The van der Waals surface area contributed by atoms with Crippen molar-refractivity contribution in [2.45, 2.75) is 4.34 Å². The summed E-state index contributed by atoms with van der Waals surface area (Å²) in [6, 6.07) is 0. The van der Waals surface area contributed by atoms with Gasteiger partial charge in [0.1, 0.15) is 6.20 Å². The lowest BCUT2D eigenvalue weighted by atomic mass is 11.0. The fraction of sp³-hybridized carbons (Fsp3) is 0. The van der Waals surface area contributed by atoms with E-state index in [4.69, 9.17) is 0 Å². The van der Waals surface area contributed by atoms with Crippen molar-refractivity contribution in [3.05, 3.63) is 11.6 Å². The lowest BCUT2D eigenvalue weighted by Crippen LogP contribution is -1.62. The molecular weight excluding hydrogens is 130 g/mol. The molecule has 0 fully saturated rings. The van der Waals surface area contributed by atoms with Crippen molar-refractivity contribution >= 4 is 23.0 Å². The molecule has 0 amide bonds. The molecule has 7 heavy (non-hydrogen) atoms. The monoisotopic (exact) mass is 131 g/mol. The van der Waals surface area contributed by atoms with E-state index in [1.165, 1.54) is 11.3 Å². The summed E-state index contributed by atoms with van der Waals surface area (Å²) in [7, 11) is 0. The third-order valence-electron chi connectivity index (χ3n) is 0.440. The second-order valence-electron chi connectivity index (χ2n) is 0.826. The van der Waals surface area contributed by atoms with E-state index in [0.29, 0.717) is 16.0 Å². The Morgan fingerprint density at radius 1 is 2.00 bits per heavy atom. The zero-order valence-corrected chi connectivity index (χ0v) is 4.88. The minimum Gasteiger partial charge on any atom is -0.177 e. The van der Waals surface area contributed by atoms with Crippen LogP contribution in [-0.2, 0) is 15.9 Å². The van der Waals surface area contributed by atoms with E-state index in [-0.39, 0.29) is 0 Å². The summed E-state index contributed by atoms with van der Waals surface area (Å²) >= 11 is 1.71. The van der Waals surface area contributed by atoms with Crippen LogP contribution in [0.1, 0.15) is 0 Å². The van der Waals surface area contributed by atoms with Crippen molar-refractivity contribution in [3.63, 3.8) is 0 Å². The highest BCUT2D eigenvalue weighted by molar-refractivity contribution is 7.68. The van der Waals surface area contributed by atoms with Gasteiger partial charge < -0.3 is 0 Å². The van der Waals surface area contributed by atoms with Crippen LogP contribution in [0.5, 0.6) is 0 Å². The Labute approximate surface area is 48.7 Å². The molecule has 1 radical (unpaired) electrons. The van der Waals surface area contributed by atoms with E-state index in [1.54, 1.807) is 5.38 Å². The summed E-state index contributed by atoms with van der Waals surface area (Å²) in [6.45, 7) is 0. The maximum absolute atomic E-state index is 9.84. The Hall–Kier alpha value is -0.350. The van der Waals surface area contributed by atoms with Crippen molar-refractivity contribution < 1.29 is 4.21 Å². The largest absolute Gasteiger partial charge is 0.539 e. The Balaban J connectivity index is 2.96. The van der Waals surface area contributed by atoms with Gasteiger partial charge in [0.25, 0.3) is 0 Å². The molecule has 1 heterocycles. The molecule has 0 spiro atoms. The minimum absolute atomic E-state index is 0.402. The summed E-state index contributed by atoms with van der Waals surface area (Å²) in [6.07, 6.45) is 2.53. The second-order valence-corrected chi connectivity index (χ2v) is 2.50. The number of hydrogen-bond donors (Lipinski definition) is 0. The van der Waals surface area contributed by atoms with Crippen molar-refractivity contribution in [1.29, 1.82) is 0 Å². The first-order valence-corrected chi connectivity index (χ1v) is 3.17. The van der Waals surface area contributed by atoms with Gasteiger partial charge in [0.05, 0.1) is 0 Å². The first-order chi connectivity index (χ1) is 3.43. The molecule has 0 saturated carbocycles. The Morgan fingerprint density at radius 2 is 2.86 bits per heavy atom. The summed E-state index contributed by atoms with van der Waals surface area (Å²) in [5.74, 6) is 0. The zero-order valence-electron chi connectivity index (χ0n) is 3.25. The third kappa shape index (κ3) is 1.01. The summed E-state index contributed by atoms with van der Waals surface area (Å²) < 4.78 is 10.4. The maximum atomic E-state index is 9.84. The topological polar surface area (TPSA) is 30.0 Å². The Morgan fingerprint density at radius 3 is 3.14 bits per heavy atom. The van der Waals surface area contributed by atoms with Crippen molar-refractivity contribution in [3.8, 4) is 0 Å². The highest BCUT2D eigenvalue weighted by Gasteiger charge is 2.06. The molecule has 4 heteroatoms. The molecule has 2 nitrogen and oxygen atoms in total. The lowest BCUT2D eigenvalue weighted by molar-refractivity contribution is 0.604. The summed E-state index contributed by atoms with van der Waals surface area (Å²) in [5.41, 5.74) is 0. The average Bonchev–Trinajstić information content (AvgIpc) is 2.14. The molecule has 0 bridgehead atoms. The molecule has 0 aliphatic rings. The first-order valence-electron chi connectivity index (χ1n) is 1.55. The van der Waals surface area contributed by atoms with Gasteiger partial charge >= 0.3 is 16.0 Å². The van der Waals surface area contributed by atoms with Gasteiger partial charge in [-0.1, -0.05) is 11.3 Å².